The summed E-state index contributed by atoms with van der Waals surface area (Å²) in [6, 6.07) is 0. The summed E-state index contributed by atoms with van der Waals surface area (Å²) in [6.45, 7) is -3.86. The average molecular weight is 638 g/mol. The standard InChI is InChI=1S/C22H30F8O12/c23-19(24)21(27,28)14-38-17(31)11-16(1-2-40-33)12-42-41-10-9-36-6-5-34-3-4-35-7-8-37-13-18(32)39-15-22(29,30)20(25)26/h1-2,12,19-20,33H,3-11,13-15H2/b2-1?,16-12+. The van der Waals surface area contributed by atoms with E-state index in [1.54, 1.807) is 0 Å². The lowest BCUT2D eigenvalue weighted by Gasteiger charge is -2.15. The molecule has 0 saturated heterocycles. The van der Waals surface area contributed by atoms with Crippen LogP contribution in [0.15, 0.2) is 24.2 Å². The van der Waals surface area contributed by atoms with Gasteiger partial charge in [-0.25, -0.2) is 27.6 Å². The van der Waals surface area contributed by atoms with Gasteiger partial charge in [-0.2, -0.15) is 22.4 Å². The number of carbonyl (C=O) groups excluding carboxylic acids is 2. The molecule has 0 heterocycles. The van der Waals surface area contributed by atoms with Crippen LogP contribution in [0.5, 0.6) is 0 Å². The Kier molecular flexibility index (Phi) is 21.3. The molecule has 0 unspecified atom stereocenters. The summed E-state index contributed by atoms with van der Waals surface area (Å²) in [4.78, 5) is 35.8. The van der Waals surface area contributed by atoms with Crippen molar-refractivity contribution >= 4 is 11.9 Å². The van der Waals surface area contributed by atoms with Crippen LogP contribution < -0.4 is 0 Å². The molecular formula is C22H30F8O12. The second-order valence-corrected chi connectivity index (χ2v) is 7.53. The first-order valence-electron chi connectivity index (χ1n) is 11.7. The van der Waals surface area contributed by atoms with E-state index in [9.17, 15) is 44.7 Å². The fourth-order valence-electron chi connectivity index (χ4n) is 2.05. The number of ether oxygens (including phenoxy) is 6. The Labute approximate surface area is 233 Å². The number of hydrogen-bond donors (Lipinski definition) is 1. The molecule has 0 amide bonds. The number of alkyl halides is 8. The molecule has 1 N–H and O–H groups in total. The lowest BCUT2D eigenvalue weighted by Crippen LogP contribution is -2.34. The van der Waals surface area contributed by atoms with Gasteiger partial charge < -0.3 is 38.2 Å². The largest absolute Gasteiger partial charge is 0.459 e. The van der Waals surface area contributed by atoms with Gasteiger partial charge in [0.15, 0.2) is 13.2 Å². The molecule has 0 rings (SSSR count). The Morgan fingerprint density at radius 2 is 1.14 bits per heavy atom. The van der Waals surface area contributed by atoms with Crippen LogP contribution in [0.1, 0.15) is 6.42 Å². The Morgan fingerprint density at radius 3 is 1.62 bits per heavy atom. The van der Waals surface area contributed by atoms with Crippen LogP contribution >= 0.6 is 0 Å². The van der Waals surface area contributed by atoms with E-state index in [0.29, 0.717) is 6.26 Å². The third-order valence-corrected chi connectivity index (χ3v) is 4.10. The second kappa shape index (κ2) is 22.8. The molecule has 0 radical (unpaired) electrons. The Hall–Kier alpha value is -2.78. The molecule has 0 aromatic rings. The van der Waals surface area contributed by atoms with E-state index in [4.69, 9.17) is 29.1 Å². The van der Waals surface area contributed by atoms with Gasteiger partial charge in [0.2, 0.25) is 0 Å². The molecule has 0 bridgehead atoms. The summed E-state index contributed by atoms with van der Waals surface area (Å²) in [5.74, 6) is -11.5. The zero-order valence-electron chi connectivity index (χ0n) is 21.8. The predicted octanol–water partition coefficient (Wildman–Crippen LogP) is 3.17. The minimum atomic E-state index is -4.52. The maximum Gasteiger partial charge on any atom is 0.340 e. The van der Waals surface area contributed by atoms with Crippen molar-refractivity contribution in [2.75, 3.05) is 72.7 Å². The van der Waals surface area contributed by atoms with E-state index >= 15 is 0 Å². The van der Waals surface area contributed by atoms with Crippen molar-refractivity contribution in [1.82, 2.24) is 0 Å². The maximum atomic E-state index is 12.8. The minimum Gasteiger partial charge on any atom is -0.459 e. The van der Waals surface area contributed by atoms with Crippen molar-refractivity contribution in [1.29, 1.82) is 0 Å². The Bertz CT molecular complexity index is 799. The zero-order valence-corrected chi connectivity index (χ0v) is 21.8. The summed E-state index contributed by atoms with van der Waals surface area (Å²) in [5, 5.41) is 8.32. The molecule has 42 heavy (non-hydrogen) atoms. The molecule has 0 fully saturated rings. The van der Waals surface area contributed by atoms with E-state index in [1.807, 2.05) is 0 Å². The first-order chi connectivity index (χ1) is 19.8. The Morgan fingerprint density at radius 1 is 0.690 bits per heavy atom. The van der Waals surface area contributed by atoms with E-state index in [1.165, 1.54) is 0 Å². The van der Waals surface area contributed by atoms with E-state index in [2.05, 4.69) is 19.2 Å². The van der Waals surface area contributed by atoms with Gasteiger partial charge >= 0.3 is 36.6 Å². The summed E-state index contributed by atoms with van der Waals surface area (Å²) in [5.41, 5.74) is -0.102. The lowest BCUT2D eigenvalue weighted by molar-refractivity contribution is -0.255. The van der Waals surface area contributed by atoms with E-state index in [-0.39, 0.29) is 58.4 Å². The van der Waals surface area contributed by atoms with Gasteiger partial charge in [-0.1, -0.05) is 0 Å². The topological polar surface area (TPSA) is 137 Å². The van der Waals surface area contributed by atoms with Gasteiger partial charge in [-0.15, -0.1) is 0 Å². The molecule has 246 valence electrons. The van der Waals surface area contributed by atoms with Gasteiger partial charge in [0.1, 0.15) is 25.7 Å². The van der Waals surface area contributed by atoms with Crippen LogP contribution in [0.3, 0.4) is 0 Å². The summed E-state index contributed by atoms with van der Waals surface area (Å²) in [6.07, 6.45) is -6.19. The van der Waals surface area contributed by atoms with Crippen LogP contribution in [0.25, 0.3) is 0 Å². The fraction of sp³-hybridized carbons (Fsp3) is 0.727. The Balaban J connectivity index is 3.79. The van der Waals surface area contributed by atoms with Crippen LogP contribution in [0.2, 0.25) is 0 Å². The highest BCUT2D eigenvalue weighted by atomic mass is 19.3. The smallest absolute Gasteiger partial charge is 0.340 e. The number of allylic oxidation sites excluding steroid dienone is 1. The molecule has 0 saturated carbocycles. The van der Waals surface area contributed by atoms with Gasteiger partial charge in [-0.3, -0.25) is 4.79 Å². The van der Waals surface area contributed by atoms with Crippen LogP contribution in [0, 0.1) is 0 Å². The second-order valence-electron chi connectivity index (χ2n) is 7.53. The number of rotatable bonds is 26. The number of carbonyl (C=O) groups is 2. The van der Waals surface area contributed by atoms with Gasteiger partial charge in [0.25, 0.3) is 0 Å². The third kappa shape index (κ3) is 21.0. The molecule has 0 atom stereocenters. The minimum absolute atomic E-state index is 0.0203. The van der Waals surface area contributed by atoms with Crippen molar-refractivity contribution in [2.45, 2.75) is 31.1 Å². The van der Waals surface area contributed by atoms with Crippen LogP contribution in [-0.4, -0.2) is 115 Å². The average Bonchev–Trinajstić information content (AvgIpc) is 2.93. The van der Waals surface area contributed by atoms with Crippen LogP contribution in [-0.2, 0) is 52.7 Å². The van der Waals surface area contributed by atoms with Gasteiger partial charge in [-0.05, 0) is 6.08 Å². The van der Waals surface area contributed by atoms with E-state index < -0.39 is 62.9 Å². The molecule has 0 aliphatic rings. The first-order valence-corrected chi connectivity index (χ1v) is 11.7. The van der Waals surface area contributed by atoms with Crippen molar-refractivity contribution in [3.05, 3.63) is 24.2 Å². The summed E-state index contributed by atoms with van der Waals surface area (Å²) in [7, 11) is 0. The monoisotopic (exact) mass is 638 g/mol. The predicted molar refractivity (Wildman–Crippen MR) is 120 cm³/mol. The van der Waals surface area contributed by atoms with Crippen molar-refractivity contribution in [2.24, 2.45) is 0 Å². The molecule has 0 spiro atoms. The molecule has 0 aromatic carbocycles. The molecule has 0 aliphatic heterocycles. The molecule has 12 nitrogen and oxygen atoms in total. The molecular weight excluding hydrogens is 608 g/mol. The number of hydrogen-bond acceptors (Lipinski definition) is 12. The number of esters is 2. The molecule has 0 aliphatic carbocycles. The van der Waals surface area contributed by atoms with Crippen molar-refractivity contribution in [3.63, 3.8) is 0 Å². The maximum absolute atomic E-state index is 12.8. The van der Waals surface area contributed by atoms with Crippen molar-refractivity contribution in [3.8, 4) is 0 Å². The fourth-order valence-corrected chi connectivity index (χ4v) is 2.05. The third-order valence-electron chi connectivity index (χ3n) is 4.10. The van der Waals surface area contributed by atoms with E-state index in [0.717, 1.165) is 12.3 Å². The van der Waals surface area contributed by atoms with Crippen LogP contribution in [0.4, 0.5) is 35.1 Å². The first kappa shape index (κ1) is 39.2. The van der Waals surface area contributed by atoms with Gasteiger partial charge in [0, 0.05) is 5.57 Å². The highest BCUT2D eigenvalue weighted by Crippen LogP contribution is 2.24. The molecule has 0 aromatic heterocycles. The summed E-state index contributed by atoms with van der Waals surface area (Å²) < 4.78 is 127. The highest BCUT2D eigenvalue weighted by Gasteiger charge is 2.43. The summed E-state index contributed by atoms with van der Waals surface area (Å²) >= 11 is 0. The normalized spacial score (nSPS) is 12.8. The van der Waals surface area contributed by atoms with Gasteiger partial charge in [0.05, 0.1) is 52.7 Å². The number of halogens is 8. The lowest BCUT2D eigenvalue weighted by atomic mass is 10.2. The highest BCUT2D eigenvalue weighted by molar-refractivity contribution is 5.73. The van der Waals surface area contributed by atoms with Crippen molar-refractivity contribution < 1.29 is 93.1 Å². The quantitative estimate of drug-likeness (QED) is 0.0283. The zero-order chi connectivity index (χ0) is 31.9. The molecule has 20 heteroatoms. The SMILES string of the molecule is O=C(COCCOCCOCCOCCOO/C=C(\C=COO)CC(=O)OCC(F)(F)C(F)F)OCC(F)(F)C(F)F.